The van der Waals surface area contributed by atoms with Crippen LogP contribution in [0.5, 0.6) is 0 Å². The number of methoxy groups -OCH3 is 1. The van der Waals surface area contributed by atoms with Gasteiger partial charge in [-0.2, -0.15) is 4.72 Å². The summed E-state index contributed by atoms with van der Waals surface area (Å²) in [6.45, 7) is 0.431. The Kier molecular flexibility index (Phi) is 6.80. The third kappa shape index (κ3) is 5.93. The van der Waals surface area contributed by atoms with E-state index in [2.05, 4.69) is 9.47 Å². The smallest absolute Gasteiger partial charge is 0.413 e. The summed E-state index contributed by atoms with van der Waals surface area (Å²) in [5.74, 6) is -2.59. The Balaban J connectivity index is 2.55. The molecule has 2 N–H and O–H groups in total. The Morgan fingerprint density at radius 1 is 1.21 bits per heavy atom. The summed E-state index contributed by atoms with van der Waals surface area (Å²) in [6, 6.07) is 3.95. The van der Waals surface area contributed by atoms with Gasteiger partial charge in [0.05, 0.1) is 12.0 Å². The van der Waals surface area contributed by atoms with E-state index in [1.54, 1.807) is 5.32 Å². The second-order valence-corrected chi connectivity index (χ2v) is 6.16. The highest BCUT2D eigenvalue weighted by atomic mass is 32.2. The monoisotopic (exact) mass is 362 g/mol. The quantitative estimate of drug-likeness (QED) is 0.677. The Morgan fingerprint density at radius 3 is 2.33 bits per heavy atom. The molecule has 1 aromatic rings. The molecule has 1 rings (SSSR count). The average Bonchev–Trinajstić information content (AvgIpc) is 2.53. The molecule has 0 spiro atoms. The molecule has 0 aliphatic rings. The zero-order valence-electron chi connectivity index (χ0n) is 12.7. The van der Waals surface area contributed by atoms with Gasteiger partial charge in [0.1, 0.15) is 12.4 Å². The number of hydrogen-bond donors (Lipinski definition) is 2. The minimum absolute atomic E-state index is 0.242. The number of halogens is 1. The molecule has 132 valence electrons. The number of carbonyl (C=O) groups excluding carboxylic acids is 3. The van der Waals surface area contributed by atoms with E-state index in [1.807, 2.05) is 4.72 Å². The SMILES string of the molecule is COC(=O)NC(=O)[C@H](C)OC(=O)CNS(=O)(=O)c1ccc(F)cc1. The molecule has 0 fully saturated rings. The largest absolute Gasteiger partial charge is 0.453 e. The van der Waals surface area contributed by atoms with Crippen molar-refractivity contribution in [3.05, 3.63) is 30.1 Å². The summed E-state index contributed by atoms with van der Waals surface area (Å²) in [5.41, 5.74) is 0. The molecule has 0 radical (unpaired) electrons. The number of benzene rings is 1. The van der Waals surface area contributed by atoms with Crippen LogP contribution in [0.3, 0.4) is 0 Å². The summed E-state index contributed by atoms with van der Waals surface area (Å²) < 4.78 is 47.3. The van der Waals surface area contributed by atoms with Crippen molar-refractivity contribution in [1.82, 2.24) is 10.0 Å². The lowest BCUT2D eigenvalue weighted by Crippen LogP contribution is -2.41. The van der Waals surface area contributed by atoms with Crippen molar-refractivity contribution in [2.45, 2.75) is 17.9 Å². The van der Waals surface area contributed by atoms with Gasteiger partial charge in [0.25, 0.3) is 5.91 Å². The Labute approximate surface area is 137 Å². The molecule has 0 saturated carbocycles. The van der Waals surface area contributed by atoms with E-state index in [1.165, 1.54) is 6.92 Å². The third-order valence-corrected chi connectivity index (χ3v) is 4.04. The van der Waals surface area contributed by atoms with Gasteiger partial charge in [0.2, 0.25) is 10.0 Å². The molecule has 1 aromatic carbocycles. The predicted molar refractivity (Wildman–Crippen MR) is 77.7 cm³/mol. The van der Waals surface area contributed by atoms with E-state index in [4.69, 9.17) is 0 Å². The van der Waals surface area contributed by atoms with Crippen LogP contribution < -0.4 is 10.0 Å². The lowest BCUT2D eigenvalue weighted by atomic mass is 10.4. The maximum Gasteiger partial charge on any atom is 0.413 e. The second kappa shape index (κ2) is 8.36. The summed E-state index contributed by atoms with van der Waals surface area (Å²) in [4.78, 5) is 33.6. The summed E-state index contributed by atoms with van der Waals surface area (Å²) in [5, 5.41) is 1.79. The highest BCUT2D eigenvalue weighted by Gasteiger charge is 2.22. The normalized spacial score (nSPS) is 12.1. The van der Waals surface area contributed by atoms with Gasteiger partial charge in [0, 0.05) is 0 Å². The summed E-state index contributed by atoms with van der Waals surface area (Å²) >= 11 is 0. The van der Waals surface area contributed by atoms with Crippen molar-refractivity contribution in [1.29, 1.82) is 0 Å². The van der Waals surface area contributed by atoms with E-state index in [0.717, 1.165) is 31.4 Å². The number of rotatable bonds is 6. The number of esters is 1. The first-order valence-corrected chi connectivity index (χ1v) is 7.97. The molecule has 1 atom stereocenters. The molecule has 11 heteroatoms. The van der Waals surface area contributed by atoms with Gasteiger partial charge in [-0.3, -0.25) is 14.9 Å². The van der Waals surface area contributed by atoms with Crippen molar-refractivity contribution in [2.24, 2.45) is 0 Å². The van der Waals surface area contributed by atoms with Crippen molar-refractivity contribution < 1.29 is 36.7 Å². The number of sulfonamides is 1. The Hall–Kier alpha value is -2.53. The van der Waals surface area contributed by atoms with Crippen LogP contribution in [-0.4, -0.2) is 46.1 Å². The second-order valence-electron chi connectivity index (χ2n) is 4.39. The molecule has 0 aromatic heterocycles. The van der Waals surface area contributed by atoms with Gasteiger partial charge in [-0.15, -0.1) is 0 Å². The van der Waals surface area contributed by atoms with Crippen LogP contribution in [-0.2, 0) is 29.1 Å². The minimum Gasteiger partial charge on any atom is -0.453 e. The molecule has 9 nitrogen and oxygen atoms in total. The molecule has 0 unspecified atom stereocenters. The zero-order chi connectivity index (χ0) is 18.3. The number of alkyl carbamates (subject to hydrolysis) is 1. The first-order chi connectivity index (χ1) is 11.2. The lowest BCUT2D eigenvalue weighted by molar-refractivity contribution is -0.153. The van der Waals surface area contributed by atoms with Gasteiger partial charge in [-0.25, -0.2) is 17.6 Å². The number of imide groups is 1. The van der Waals surface area contributed by atoms with Crippen molar-refractivity contribution in [2.75, 3.05) is 13.7 Å². The predicted octanol–water partition coefficient (Wildman–Crippen LogP) is -0.0817. The van der Waals surface area contributed by atoms with Crippen molar-refractivity contribution in [3.63, 3.8) is 0 Å². The first-order valence-electron chi connectivity index (χ1n) is 6.49. The lowest BCUT2D eigenvalue weighted by Gasteiger charge is -2.12. The highest BCUT2D eigenvalue weighted by Crippen LogP contribution is 2.09. The summed E-state index contributed by atoms with van der Waals surface area (Å²) in [7, 11) is -3.00. The number of carbonyl (C=O) groups is 3. The van der Waals surface area contributed by atoms with Gasteiger partial charge < -0.3 is 9.47 Å². The topological polar surface area (TPSA) is 128 Å². The number of hydrogen-bond acceptors (Lipinski definition) is 7. The van der Waals surface area contributed by atoms with E-state index in [0.29, 0.717) is 0 Å². The molecular formula is C13H15FN2O7S. The maximum atomic E-state index is 12.8. The minimum atomic E-state index is -4.04. The zero-order valence-corrected chi connectivity index (χ0v) is 13.6. The average molecular weight is 362 g/mol. The Bertz CT molecular complexity index is 718. The number of ether oxygens (including phenoxy) is 2. The van der Waals surface area contributed by atoms with Crippen LogP contribution in [0.25, 0.3) is 0 Å². The van der Waals surface area contributed by atoms with Crippen LogP contribution in [0, 0.1) is 5.82 Å². The fourth-order valence-corrected chi connectivity index (χ4v) is 2.37. The molecular weight excluding hydrogens is 347 g/mol. The third-order valence-electron chi connectivity index (χ3n) is 2.62. The van der Waals surface area contributed by atoms with Crippen LogP contribution in [0.15, 0.2) is 29.2 Å². The first kappa shape index (κ1) is 19.5. The van der Waals surface area contributed by atoms with Crippen molar-refractivity contribution in [3.8, 4) is 0 Å². The molecule has 0 aliphatic carbocycles. The molecule has 0 heterocycles. The van der Waals surface area contributed by atoms with Gasteiger partial charge in [-0.05, 0) is 31.2 Å². The van der Waals surface area contributed by atoms with E-state index in [-0.39, 0.29) is 4.90 Å². The molecule has 2 amide bonds. The molecule has 24 heavy (non-hydrogen) atoms. The molecule has 0 bridgehead atoms. The van der Waals surface area contributed by atoms with Crippen LogP contribution in [0.1, 0.15) is 6.92 Å². The highest BCUT2D eigenvalue weighted by molar-refractivity contribution is 7.89. The van der Waals surface area contributed by atoms with Crippen LogP contribution in [0.4, 0.5) is 9.18 Å². The van der Waals surface area contributed by atoms with Gasteiger partial charge in [0.15, 0.2) is 6.10 Å². The fraction of sp³-hybridized carbons (Fsp3) is 0.308. The van der Waals surface area contributed by atoms with E-state index >= 15 is 0 Å². The van der Waals surface area contributed by atoms with Crippen molar-refractivity contribution >= 4 is 28.0 Å². The van der Waals surface area contributed by atoms with E-state index < -0.39 is 46.5 Å². The van der Waals surface area contributed by atoms with Gasteiger partial charge in [-0.1, -0.05) is 0 Å². The molecule has 0 saturated heterocycles. The van der Waals surface area contributed by atoms with Crippen LogP contribution in [0.2, 0.25) is 0 Å². The fourth-order valence-electron chi connectivity index (χ4n) is 1.40. The number of amides is 2. The Morgan fingerprint density at radius 2 is 1.79 bits per heavy atom. The standard InChI is InChI=1S/C13H15FN2O7S/c1-8(12(18)16-13(19)22-2)23-11(17)7-15-24(20,21)10-5-3-9(14)4-6-10/h3-6,8,15H,7H2,1-2H3,(H,16,18,19)/t8-/m0/s1. The number of nitrogens with one attached hydrogen (secondary N) is 2. The van der Waals surface area contributed by atoms with Crippen LogP contribution >= 0.6 is 0 Å². The van der Waals surface area contributed by atoms with Gasteiger partial charge >= 0.3 is 12.1 Å². The maximum absolute atomic E-state index is 12.8. The summed E-state index contributed by atoms with van der Waals surface area (Å²) in [6.07, 6.45) is -2.37. The molecule has 0 aliphatic heterocycles. The van der Waals surface area contributed by atoms with E-state index in [9.17, 15) is 27.2 Å².